The third-order valence-corrected chi connectivity index (χ3v) is 5.80. The first-order chi connectivity index (χ1) is 9.66. The molecule has 1 atom stereocenters. The monoisotopic (exact) mass is 342 g/mol. The maximum absolute atomic E-state index is 12.7. The molecule has 1 heterocycles. The largest absolute Gasteiger partial charge is 0.416 e. The van der Waals surface area contributed by atoms with Crippen LogP contribution in [0.5, 0.6) is 0 Å². The molecule has 4 nitrogen and oxygen atoms in total. The molecule has 0 aliphatic carbocycles. The average molecular weight is 343 g/mol. The minimum absolute atomic E-state index is 0.0179. The Labute approximate surface area is 125 Å². The molecule has 0 radical (unpaired) electrons. The molecule has 0 bridgehead atoms. The summed E-state index contributed by atoms with van der Waals surface area (Å²) in [5, 5.41) is -0.223. The van der Waals surface area contributed by atoms with Gasteiger partial charge in [-0.15, -0.1) is 0 Å². The number of rotatable bonds is 3. The summed E-state index contributed by atoms with van der Waals surface area (Å²) in [5.74, 6) is 0.0179. The molecule has 1 aliphatic rings. The SMILES string of the molecule is NC[C@H]1CCN(S(=O)(=O)c2cc(C(F)(F)F)ccc2Cl)C1. The summed E-state index contributed by atoms with van der Waals surface area (Å²) < 4.78 is 64.1. The van der Waals surface area contributed by atoms with Gasteiger partial charge < -0.3 is 5.73 Å². The van der Waals surface area contributed by atoms with E-state index in [1.165, 1.54) is 0 Å². The van der Waals surface area contributed by atoms with Crippen molar-refractivity contribution in [3.63, 3.8) is 0 Å². The van der Waals surface area contributed by atoms with Crippen LogP contribution < -0.4 is 5.73 Å². The number of sulfonamides is 1. The highest BCUT2D eigenvalue weighted by Crippen LogP contribution is 2.35. The van der Waals surface area contributed by atoms with Gasteiger partial charge in [0.1, 0.15) is 4.90 Å². The van der Waals surface area contributed by atoms with Crippen LogP contribution in [0.15, 0.2) is 23.1 Å². The van der Waals surface area contributed by atoms with Crippen LogP contribution >= 0.6 is 11.6 Å². The summed E-state index contributed by atoms with van der Waals surface area (Å²) in [6.45, 7) is 0.768. The fourth-order valence-corrected chi connectivity index (χ4v) is 4.26. The smallest absolute Gasteiger partial charge is 0.330 e. The van der Waals surface area contributed by atoms with Crippen molar-refractivity contribution in [1.29, 1.82) is 0 Å². The quantitative estimate of drug-likeness (QED) is 0.917. The van der Waals surface area contributed by atoms with Gasteiger partial charge in [0.15, 0.2) is 0 Å². The van der Waals surface area contributed by atoms with Crippen molar-refractivity contribution >= 4 is 21.6 Å². The molecule has 0 saturated carbocycles. The minimum Gasteiger partial charge on any atom is -0.330 e. The summed E-state index contributed by atoms with van der Waals surface area (Å²) in [5.41, 5.74) is 4.45. The van der Waals surface area contributed by atoms with Crippen LogP contribution in [0.1, 0.15) is 12.0 Å². The third kappa shape index (κ3) is 3.33. The zero-order chi connectivity index (χ0) is 15.8. The zero-order valence-electron chi connectivity index (χ0n) is 10.9. The van der Waals surface area contributed by atoms with Crippen molar-refractivity contribution in [3.8, 4) is 0 Å². The predicted molar refractivity (Wildman–Crippen MR) is 72.4 cm³/mol. The van der Waals surface area contributed by atoms with E-state index in [-0.39, 0.29) is 24.0 Å². The summed E-state index contributed by atoms with van der Waals surface area (Å²) in [7, 11) is -4.05. The average Bonchev–Trinajstić information content (AvgIpc) is 2.87. The summed E-state index contributed by atoms with van der Waals surface area (Å²) in [6, 6.07) is 2.29. The maximum Gasteiger partial charge on any atom is 0.416 e. The first kappa shape index (κ1) is 16.5. The molecule has 9 heteroatoms. The van der Waals surface area contributed by atoms with E-state index in [0.29, 0.717) is 19.0 Å². The van der Waals surface area contributed by atoms with E-state index in [1.807, 2.05) is 0 Å². The number of halogens is 4. The van der Waals surface area contributed by atoms with Crippen LogP contribution in [0.2, 0.25) is 5.02 Å². The molecule has 1 aliphatic heterocycles. The molecule has 0 aromatic heterocycles. The van der Waals surface area contributed by atoms with Gasteiger partial charge in [-0.2, -0.15) is 17.5 Å². The molecule has 1 saturated heterocycles. The Hall–Kier alpha value is -0.830. The predicted octanol–water partition coefficient (Wildman–Crippen LogP) is 2.33. The van der Waals surface area contributed by atoms with Gasteiger partial charge in [-0.3, -0.25) is 0 Å². The summed E-state index contributed by atoms with van der Waals surface area (Å²) >= 11 is 5.78. The van der Waals surface area contributed by atoms with Gasteiger partial charge in [0.05, 0.1) is 10.6 Å². The molecule has 2 N–H and O–H groups in total. The molecular formula is C12H14ClF3N2O2S. The number of alkyl halides is 3. The highest BCUT2D eigenvalue weighted by molar-refractivity contribution is 7.89. The Morgan fingerprint density at radius 3 is 2.57 bits per heavy atom. The Balaban J connectivity index is 2.41. The topological polar surface area (TPSA) is 63.4 Å². The lowest BCUT2D eigenvalue weighted by Crippen LogP contribution is -2.30. The van der Waals surface area contributed by atoms with Crippen LogP contribution in [-0.4, -0.2) is 32.4 Å². The van der Waals surface area contributed by atoms with Gasteiger partial charge in [-0.1, -0.05) is 11.6 Å². The molecular weight excluding hydrogens is 329 g/mol. The highest BCUT2D eigenvalue weighted by Gasteiger charge is 2.36. The normalized spacial score (nSPS) is 20.9. The molecule has 1 aromatic rings. The van der Waals surface area contributed by atoms with Crippen molar-refractivity contribution in [2.24, 2.45) is 11.7 Å². The molecule has 118 valence electrons. The molecule has 1 fully saturated rings. The second-order valence-corrected chi connectivity index (χ2v) is 7.21. The Bertz CT molecular complexity index is 634. The molecule has 0 amide bonds. The number of nitrogens with two attached hydrogens (primary N) is 1. The van der Waals surface area contributed by atoms with Gasteiger partial charge in [-0.25, -0.2) is 8.42 Å². The van der Waals surface area contributed by atoms with Crippen molar-refractivity contribution in [3.05, 3.63) is 28.8 Å². The van der Waals surface area contributed by atoms with Crippen LogP contribution in [0.4, 0.5) is 13.2 Å². The van der Waals surface area contributed by atoms with Crippen molar-refractivity contribution in [1.82, 2.24) is 4.31 Å². The Morgan fingerprint density at radius 2 is 2.05 bits per heavy atom. The van der Waals surface area contributed by atoms with E-state index in [1.54, 1.807) is 0 Å². The molecule has 1 aromatic carbocycles. The van der Waals surface area contributed by atoms with Crippen LogP contribution in [0, 0.1) is 5.92 Å². The van der Waals surface area contributed by atoms with Gasteiger partial charge in [-0.05, 0) is 37.1 Å². The number of benzene rings is 1. The molecule has 21 heavy (non-hydrogen) atoms. The fourth-order valence-electron chi connectivity index (χ4n) is 2.22. The Morgan fingerprint density at radius 1 is 1.38 bits per heavy atom. The second-order valence-electron chi connectivity index (χ2n) is 4.90. The van der Waals surface area contributed by atoms with Gasteiger partial charge >= 0.3 is 6.18 Å². The lowest BCUT2D eigenvalue weighted by molar-refractivity contribution is -0.137. The van der Waals surface area contributed by atoms with Gasteiger partial charge in [0, 0.05) is 13.1 Å². The fraction of sp³-hybridized carbons (Fsp3) is 0.500. The lowest BCUT2D eigenvalue weighted by Gasteiger charge is -2.18. The van der Waals surface area contributed by atoms with E-state index in [2.05, 4.69) is 0 Å². The van der Waals surface area contributed by atoms with Crippen LogP contribution in [-0.2, 0) is 16.2 Å². The number of hydrogen-bond acceptors (Lipinski definition) is 3. The van der Waals surface area contributed by atoms with E-state index in [4.69, 9.17) is 17.3 Å². The van der Waals surface area contributed by atoms with Crippen molar-refractivity contribution in [2.45, 2.75) is 17.5 Å². The Kier molecular flexibility index (Phi) is 4.53. The van der Waals surface area contributed by atoms with Crippen molar-refractivity contribution in [2.75, 3.05) is 19.6 Å². The van der Waals surface area contributed by atoms with Gasteiger partial charge in [0.2, 0.25) is 10.0 Å². The molecule has 0 spiro atoms. The van der Waals surface area contributed by atoms with Crippen LogP contribution in [0.3, 0.4) is 0 Å². The van der Waals surface area contributed by atoms with Crippen molar-refractivity contribution < 1.29 is 21.6 Å². The standard InChI is InChI=1S/C12H14ClF3N2O2S/c13-10-2-1-9(12(14,15)16)5-11(10)21(19,20)18-4-3-8(6-17)7-18/h1-2,5,8H,3-4,6-7,17H2/t8-/m1/s1. The minimum atomic E-state index is -4.63. The highest BCUT2D eigenvalue weighted by atomic mass is 35.5. The molecule has 2 rings (SSSR count). The first-order valence-electron chi connectivity index (χ1n) is 6.23. The van der Waals surface area contributed by atoms with E-state index in [9.17, 15) is 21.6 Å². The molecule has 0 unspecified atom stereocenters. The van der Waals surface area contributed by atoms with E-state index in [0.717, 1.165) is 16.4 Å². The zero-order valence-corrected chi connectivity index (χ0v) is 12.5. The third-order valence-electron chi connectivity index (χ3n) is 3.46. The summed E-state index contributed by atoms with van der Waals surface area (Å²) in [4.78, 5) is -0.517. The number of hydrogen-bond donors (Lipinski definition) is 1. The van der Waals surface area contributed by atoms with E-state index >= 15 is 0 Å². The summed E-state index contributed by atoms with van der Waals surface area (Å²) in [6.07, 6.45) is -4.04. The second kappa shape index (κ2) is 5.75. The van der Waals surface area contributed by atoms with E-state index < -0.39 is 26.7 Å². The number of nitrogens with zero attached hydrogens (tertiary/aromatic N) is 1. The first-order valence-corrected chi connectivity index (χ1v) is 8.05. The van der Waals surface area contributed by atoms with Gasteiger partial charge in [0.25, 0.3) is 0 Å². The maximum atomic E-state index is 12.7. The van der Waals surface area contributed by atoms with Crippen LogP contribution in [0.25, 0.3) is 0 Å². The lowest BCUT2D eigenvalue weighted by atomic mass is 10.1.